The first-order chi connectivity index (χ1) is 8.50. The number of nitrogens with zero attached hydrogens (tertiary/aromatic N) is 1. The number of aliphatic hydroxyl groups excluding tert-OH is 1. The van der Waals surface area contributed by atoms with E-state index in [9.17, 15) is 5.11 Å². The number of rotatable bonds is 2. The Morgan fingerprint density at radius 1 is 1.44 bits per heavy atom. The fourth-order valence-corrected chi connectivity index (χ4v) is 4.13. The second-order valence-corrected chi connectivity index (χ2v) is 7.23. The molecule has 3 unspecified atom stereocenters. The highest BCUT2D eigenvalue weighted by atomic mass is 79.9. The van der Waals surface area contributed by atoms with Crippen molar-refractivity contribution in [3.63, 3.8) is 0 Å². The number of hydrogen-bond donors (Lipinski definition) is 1. The lowest BCUT2D eigenvalue weighted by Gasteiger charge is -2.39. The van der Waals surface area contributed by atoms with E-state index in [1.165, 1.54) is 11.4 Å². The Kier molecular flexibility index (Phi) is 4.62. The van der Waals surface area contributed by atoms with Crippen LogP contribution in [0.2, 0.25) is 0 Å². The molecule has 3 atom stereocenters. The van der Waals surface area contributed by atoms with Crippen LogP contribution in [0.5, 0.6) is 0 Å². The Bertz CT molecular complexity index is 424. The first-order valence-electron chi connectivity index (χ1n) is 6.36. The van der Waals surface area contributed by atoms with Crippen LogP contribution in [-0.2, 0) is 0 Å². The number of anilines is 1. The lowest BCUT2D eigenvalue weighted by Crippen LogP contribution is -2.44. The molecule has 18 heavy (non-hydrogen) atoms. The molecule has 0 saturated carbocycles. The average molecular weight is 330 g/mol. The second kappa shape index (κ2) is 5.85. The maximum atomic E-state index is 9.65. The van der Waals surface area contributed by atoms with Gasteiger partial charge in [0.2, 0.25) is 0 Å². The number of benzene rings is 1. The molecule has 2 nitrogen and oxygen atoms in total. The van der Waals surface area contributed by atoms with Crippen LogP contribution in [0.15, 0.2) is 22.7 Å². The summed E-state index contributed by atoms with van der Waals surface area (Å²) in [5.41, 5.74) is 2.19. The third-order valence-corrected chi connectivity index (χ3v) is 5.67. The fourth-order valence-electron chi connectivity index (χ4n) is 2.33. The Balaban J connectivity index is 2.26. The van der Waals surface area contributed by atoms with Gasteiger partial charge in [-0.25, -0.2) is 0 Å². The normalized spacial score (nSPS) is 26.2. The van der Waals surface area contributed by atoms with Crippen molar-refractivity contribution in [3.05, 3.63) is 28.2 Å². The molecule has 1 heterocycles. The van der Waals surface area contributed by atoms with Gasteiger partial charge in [-0.1, -0.05) is 28.9 Å². The molecule has 1 fully saturated rings. The van der Waals surface area contributed by atoms with Gasteiger partial charge in [0.1, 0.15) is 0 Å². The van der Waals surface area contributed by atoms with Crippen LogP contribution < -0.4 is 4.90 Å². The zero-order chi connectivity index (χ0) is 13.3. The van der Waals surface area contributed by atoms with E-state index in [1.54, 1.807) is 6.92 Å². The summed E-state index contributed by atoms with van der Waals surface area (Å²) >= 11 is 5.60. The molecule has 1 aliphatic heterocycles. The SMILES string of the molecule is CC(O)c1ccc(N2CCSC(C)C2C)cc1Br. The summed E-state index contributed by atoms with van der Waals surface area (Å²) in [6.07, 6.45) is -0.429. The summed E-state index contributed by atoms with van der Waals surface area (Å²) in [6.45, 7) is 7.46. The van der Waals surface area contributed by atoms with Crippen LogP contribution >= 0.6 is 27.7 Å². The summed E-state index contributed by atoms with van der Waals surface area (Å²) in [7, 11) is 0. The summed E-state index contributed by atoms with van der Waals surface area (Å²) in [5.74, 6) is 1.18. The zero-order valence-corrected chi connectivity index (χ0v) is 13.5. The van der Waals surface area contributed by atoms with E-state index in [-0.39, 0.29) is 0 Å². The van der Waals surface area contributed by atoms with Crippen molar-refractivity contribution in [2.45, 2.75) is 38.2 Å². The van der Waals surface area contributed by atoms with Crippen molar-refractivity contribution in [2.24, 2.45) is 0 Å². The molecule has 1 aromatic rings. The van der Waals surface area contributed by atoms with Gasteiger partial charge in [-0.3, -0.25) is 0 Å². The third-order valence-electron chi connectivity index (χ3n) is 3.65. The topological polar surface area (TPSA) is 23.5 Å². The van der Waals surface area contributed by atoms with Gasteiger partial charge < -0.3 is 10.0 Å². The van der Waals surface area contributed by atoms with Crippen LogP contribution in [0, 0.1) is 0 Å². The second-order valence-electron chi connectivity index (χ2n) is 4.89. The third kappa shape index (κ3) is 2.86. The molecule has 0 amide bonds. The zero-order valence-electron chi connectivity index (χ0n) is 11.1. The van der Waals surface area contributed by atoms with Crippen molar-refractivity contribution in [3.8, 4) is 0 Å². The minimum Gasteiger partial charge on any atom is -0.389 e. The molecule has 0 radical (unpaired) electrons. The van der Waals surface area contributed by atoms with Crippen molar-refractivity contribution in [2.75, 3.05) is 17.2 Å². The molecule has 1 N–H and O–H groups in total. The predicted molar refractivity (Wildman–Crippen MR) is 83.5 cm³/mol. The quantitative estimate of drug-likeness (QED) is 0.891. The predicted octanol–water partition coefficient (Wildman–Crippen LogP) is 3.83. The lowest BCUT2D eigenvalue weighted by molar-refractivity contribution is 0.198. The summed E-state index contributed by atoms with van der Waals surface area (Å²) in [5, 5.41) is 10.3. The highest BCUT2D eigenvalue weighted by Crippen LogP contribution is 2.33. The van der Waals surface area contributed by atoms with Gasteiger partial charge >= 0.3 is 0 Å². The number of aliphatic hydroxyl groups is 1. The summed E-state index contributed by atoms with van der Waals surface area (Å²) in [6, 6.07) is 6.81. The highest BCUT2D eigenvalue weighted by molar-refractivity contribution is 9.10. The highest BCUT2D eigenvalue weighted by Gasteiger charge is 2.25. The molecule has 0 spiro atoms. The van der Waals surface area contributed by atoms with Crippen LogP contribution in [0.1, 0.15) is 32.4 Å². The maximum Gasteiger partial charge on any atom is 0.0772 e. The molecule has 4 heteroatoms. The van der Waals surface area contributed by atoms with E-state index in [0.717, 1.165) is 16.6 Å². The molecule has 0 aliphatic carbocycles. The van der Waals surface area contributed by atoms with E-state index in [2.05, 4.69) is 46.8 Å². The van der Waals surface area contributed by atoms with Gasteiger partial charge in [-0.05, 0) is 31.5 Å². The Labute approximate surface area is 122 Å². The molecule has 1 aliphatic rings. The number of hydrogen-bond acceptors (Lipinski definition) is 3. The van der Waals surface area contributed by atoms with Crippen molar-refractivity contribution in [1.82, 2.24) is 0 Å². The van der Waals surface area contributed by atoms with Gasteiger partial charge in [-0.15, -0.1) is 0 Å². The monoisotopic (exact) mass is 329 g/mol. The van der Waals surface area contributed by atoms with Gasteiger partial charge in [0.25, 0.3) is 0 Å². The van der Waals surface area contributed by atoms with E-state index < -0.39 is 6.10 Å². The van der Waals surface area contributed by atoms with Crippen molar-refractivity contribution in [1.29, 1.82) is 0 Å². The minimum absolute atomic E-state index is 0.429. The molecule has 2 rings (SSSR count). The molecular formula is C14H20BrNOS. The molecule has 1 saturated heterocycles. The number of thioether (sulfide) groups is 1. The molecule has 0 bridgehead atoms. The smallest absolute Gasteiger partial charge is 0.0772 e. The van der Waals surface area contributed by atoms with Crippen LogP contribution in [0.4, 0.5) is 5.69 Å². The molecular weight excluding hydrogens is 310 g/mol. The first-order valence-corrected chi connectivity index (χ1v) is 8.20. The molecule has 0 aromatic heterocycles. The van der Waals surface area contributed by atoms with E-state index >= 15 is 0 Å². The van der Waals surface area contributed by atoms with E-state index in [0.29, 0.717) is 11.3 Å². The molecule has 1 aromatic carbocycles. The van der Waals surface area contributed by atoms with Crippen LogP contribution in [0.25, 0.3) is 0 Å². The Morgan fingerprint density at radius 2 is 2.17 bits per heavy atom. The minimum atomic E-state index is -0.429. The number of halogens is 1. The van der Waals surface area contributed by atoms with Gasteiger partial charge in [0.15, 0.2) is 0 Å². The van der Waals surface area contributed by atoms with Crippen molar-refractivity contribution >= 4 is 33.4 Å². The van der Waals surface area contributed by atoms with Crippen LogP contribution in [-0.4, -0.2) is 28.7 Å². The van der Waals surface area contributed by atoms with Crippen LogP contribution in [0.3, 0.4) is 0 Å². The van der Waals surface area contributed by atoms with Gasteiger partial charge in [0, 0.05) is 33.7 Å². The Hall–Kier alpha value is -0.190. The lowest BCUT2D eigenvalue weighted by atomic mass is 10.1. The van der Waals surface area contributed by atoms with Gasteiger partial charge in [0.05, 0.1) is 6.10 Å². The van der Waals surface area contributed by atoms with Crippen molar-refractivity contribution < 1.29 is 5.11 Å². The largest absolute Gasteiger partial charge is 0.389 e. The maximum absolute atomic E-state index is 9.65. The fraction of sp³-hybridized carbons (Fsp3) is 0.571. The summed E-state index contributed by atoms with van der Waals surface area (Å²) in [4.78, 5) is 2.46. The average Bonchev–Trinajstić information content (AvgIpc) is 2.32. The summed E-state index contributed by atoms with van der Waals surface area (Å²) < 4.78 is 0.994. The van der Waals surface area contributed by atoms with E-state index in [1.807, 2.05) is 17.8 Å². The Morgan fingerprint density at radius 3 is 2.78 bits per heavy atom. The van der Waals surface area contributed by atoms with E-state index in [4.69, 9.17) is 0 Å². The first kappa shape index (κ1) is 14.2. The standard InChI is InChI=1S/C14H20BrNOS/c1-9-11(3)18-7-6-16(9)12-4-5-13(10(2)17)14(15)8-12/h4-5,8-11,17H,6-7H2,1-3H3. The van der Waals surface area contributed by atoms with Gasteiger partial charge in [-0.2, -0.15) is 11.8 Å². The molecule has 100 valence electrons.